The van der Waals surface area contributed by atoms with E-state index >= 15 is 0 Å². The van der Waals surface area contributed by atoms with Crippen LogP contribution in [0.1, 0.15) is 42.6 Å². The maximum absolute atomic E-state index is 12.3. The molecule has 7 nitrogen and oxygen atoms in total. The number of hydrogen-bond donors (Lipinski definition) is 3. The summed E-state index contributed by atoms with van der Waals surface area (Å²) in [6.45, 7) is 4.38. The molecule has 0 radical (unpaired) electrons. The number of ether oxygens (including phenoxy) is 1. The zero-order chi connectivity index (χ0) is 21.1. The highest BCUT2D eigenvalue weighted by molar-refractivity contribution is 5.98. The highest BCUT2D eigenvalue weighted by Gasteiger charge is 2.13. The van der Waals surface area contributed by atoms with Crippen molar-refractivity contribution in [2.45, 2.75) is 33.2 Å². The molecule has 2 aromatic carbocycles. The van der Waals surface area contributed by atoms with Gasteiger partial charge < -0.3 is 20.7 Å². The van der Waals surface area contributed by atoms with Crippen LogP contribution < -0.4 is 20.7 Å². The maximum Gasteiger partial charge on any atom is 0.255 e. The second-order valence-corrected chi connectivity index (χ2v) is 6.39. The van der Waals surface area contributed by atoms with Gasteiger partial charge in [0.05, 0.1) is 18.7 Å². The molecule has 2 rings (SSSR count). The first-order valence-electron chi connectivity index (χ1n) is 9.69. The summed E-state index contributed by atoms with van der Waals surface area (Å²) < 4.78 is 5.43. The molecule has 0 heterocycles. The molecule has 3 amide bonds. The van der Waals surface area contributed by atoms with Crippen molar-refractivity contribution in [3.05, 3.63) is 59.7 Å². The van der Waals surface area contributed by atoms with Crippen LogP contribution in [0.25, 0.3) is 0 Å². The van der Waals surface area contributed by atoms with Crippen LogP contribution in [0.5, 0.6) is 5.75 Å². The van der Waals surface area contributed by atoms with Gasteiger partial charge in [0.2, 0.25) is 11.8 Å². The fraction of sp³-hybridized carbons (Fsp3) is 0.318. The Bertz CT molecular complexity index is 851. The summed E-state index contributed by atoms with van der Waals surface area (Å²) in [5.74, 6) is -0.240. The lowest BCUT2D eigenvalue weighted by Crippen LogP contribution is -2.36. The SMILES string of the molecule is CCCC(=O)Nc1cccc(CNC(=O)CNC(=O)c2ccccc2OCC)c1. The number of amides is 3. The first kappa shape index (κ1) is 21.9. The van der Waals surface area contributed by atoms with Gasteiger partial charge in [-0.25, -0.2) is 0 Å². The van der Waals surface area contributed by atoms with Crippen LogP contribution in [-0.4, -0.2) is 30.9 Å². The van der Waals surface area contributed by atoms with Crippen LogP contribution >= 0.6 is 0 Å². The Morgan fingerprint density at radius 1 is 0.931 bits per heavy atom. The van der Waals surface area contributed by atoms with Crippen LogP contribution in [0.15, 0.2) is 48.5 Å². The lowest BCUT2D eigenvalue weighted by molar-refractivity contribution is -0.120. The molecule has 154 valence electrons. The summed E-state index contributed by atoms with van der Waals surface area (Å²) in [5, 5.41) is 8.18. The molecule has 0 unspecified atom stereocenters. The monoisotopic (exact) mass is 397 g/mol. The van der Waals surface area contributed by atoms with Crippen molar-refractivity contribution in [1.82, 2.24) is 10.6 Å². The summed E-state index contributed by atoms with van der Waals surface area (Å²) in [5.41, 5.74) is 1.93. The Kier molecular flexibility index (Phi) is 8.69. The first-order valence-corrected chi connectivity index (χ1v) is 9.69. The van der Waals surface area contributed by atoms with E-state index in [1.807, 2.05) is 32.0 Å². The molecule has 0 aliphatic carbocycles. The highest BCUT2D eigenvalue weighted by Crippen LogP contribution is 2.17. The fourth-order valence-electron chi connectivity index (χ4n) is 2.66. The number of carbonyl (C=O) groups is 3. The van der Waals surface area contributed by atoms with Crippen molar-refractivity contribution in [2.24, 2.45) is 0 Å². The molecule has 0 saturated heterocycles. The van der Waals surface area contributed by atoms with E-state index in [-0.39, 0.29) is 24.3 Å². The zero-order valence-electron chi connectivity index (χ0n) is 16.8. The van der Waals surface area contributed by atoms with Crippen molar-refractivity contribution in [1.29, 1.82) is 0 Å². The number of rotatable bonds is 10. The van der Waals surface area contributed by atoms with E-state index in [9.17, 15) is 14.4 Å². The van der Waals surface area contributed by atoms with E-state index in [1.54, 1.807) is 30.3 Å². The lowest BCUT2D eigenvalue weighted by Gasteiger charge is -2.11. The molecule has 0 spiro atoms. The summed E-state index contributed by atoms with van der Waals surface area (Å²) >= 11 is 0. The van der Waals surface area contributed by atoms with Gasteiger partial charge in [-0.2, -0.15) is 0 Å². The van der Waals surface area contributed by atoms with Gasteiger partial charge in [-0.15, -0.1) is 0 Å². The Labute approximate surface area is 170 Å². The molecule has 0 saturated carbocycles. The predicted molar refractivity (Wildman–Crippen MR) is 112 cm³/mol. The molecule has 2 aromatic rings. The standard InChI is InChI=1S/C22H27N3O4/c1-3-8-20(26)25-17-10-7-9-16(13-17)14-23-21(27)15-24-22(28)18-11-5-6-12-19(18)29-4-2/h5-7,9-13H,3-4,8,14-15H2,1-2H3,(H,23,27)(H,24,28)(H,25,26). The van der Waals surface area contributed by atoms with E-state index in [4.69, 9.17) is 4.74 Å². The molecule has 7 heteroatoms. The van der Waals surface area contributed by atoms with Gasteiger partial charge in [0.15, 0.2) is 0 Å². The van der Waals surface area contributed by atoms with Gasteiger partial charge in [0, 0.05) is 18.7 Å². The third-order valence-corrected chi connectivity index (χ3v) is 4.02. The Morgan fingerprint density at radius 2 is 1.72 bits per heavy atom. The van der Waals surface area contributed by atoms with Gasteiger partial charge in [-0.1, -0.05) is 31.2 Å². The van der Waals surface area contributed by atoms with Gasteiger partial charge in [0.25, 0.3) is 5.91 Å². The zero-order valence-corrected chi connectivity index (χ0v) is 16.8. The predicted octanol–water partition coefficient (Wildman–Crippen LogP) is 2.87. The second kappa shape index (κ2) is 11.5. The minimum atomic E-state index is -0.371. The largest absolute Gasteiger partial charge is 0.493 e. The minimum Gasteiger partial charge on any atom is -0.493 e. The van der Waals surface area contributed by atoms with Crippen molar-refractivity contribution >= 4 is 23.4 Å². The molecule has 0 aliphatic rings. The van der Waals surface area contributed by atoms with Crippen molar-refractivity contribution in [3.8, 4) is 5.75 Å². The third kappa shape index (κ3) is 7.29. The second-order valence-electron chi connectivity index (χ2n) is 6.39. The topological polar surface area (TPSA) is 96.5 Å². The number of nitrogens with one attached hydrogen (secondary N) is 3. The van der Waals surface area contributed by atoms with Gasteiger partial charge in [-0.3, -0.25) is 14.4 Å². The summed E-state index contributed by atoms with van der Waals surface area (Å²) in [6.07, 6.45) is 1.25. The number of benzene rings is 2. The molecular weight excluding hydrogens is 370 g/mol. The lowest BCUT2D eigenvalue weighted by atomic mass is 10.2. The third-order valence-electron chi connectivity index (χ3n) is 4.02. The summed E-state index contributed by atoms with van der Waals surface area (Å²) in [4.78, 5) is 36.1. The molecule has 0 fully saturated rings. The highest BCUT2D eigenvalue weighted by atomic mass is 16.5. The number of anilines is 1. The van der Waals surface area contributed by atoms with Crippen molar-refractivity contribution in [3.63, 3.8) is 0 Å². The van der Waals surface area contributed by atoms with E-state index in [0.717, 1.165) is 12.0 Å². The van der Waals surface area contributed by atoms with Gasteiger partial charge >= 0.3 is 0 Å². The van der Waals surface area contributed by atoms with Crippen molar-refractivity contribution in [2.75, 3.05) is 18.5 Å². The molecule has 0 aromatic heterocycles. The average molecular weight is 397 g/mol. The number of para-hydroxylation sites is 1. The van der Waals surface area contributed by atoms with Crippen LogP contribution in [0.4, 0.5) is 5.69 Å². The van der Waals surface area contributed by atoms with Crippen LogP contribution in [-0.2, 0) is 16.1 Å². The van der Waals surface area contributed by atoms with E-state index in [0.29, 0.717) is 36.6 Å². The molecule has 0 atom stereocenters. The molecular formula is C22H27N3O4. The first-order chi connectivity index (χ1) is 14.0. The minimum absolute atomic E-state index is 0.0382. The van der Waals surface area contributed by atoms with E-state index in [1.165, 1.54) is 0 Å². The Balaban J connectivity index is 1.83. The molecule has 0 aliphatic heterocycles. The van der Waals surface area contributed by atoms with E-state index in [2.05, 4.69) is 16.0 Å². The molecule has 0 bridgehead atoms. The average Bonchev–Trinajstić information content (AvgIpc) is 2.71. The Morgan fingerprint density at radius 3 is 2.48 bits per heavy atom. The van der Waals surface area contributed by atoms with Crippen LogP contribution in [0.2, 0.25) is 0 Å². The van der Waals surface area contributed by atoms with E-state index < -0.39 is 0 Å². The number of hydrogen-bond acceptors (Lipinski definition) is 4. The maximum atomic E-state index is 12.3. The smallest absolute Gasteiger partial charge is 0.255 e. The van der Waals surface area contributed by atoms with Crippen LogP contribution in [0, 0.1) is 0 Å². The quantitative estimate of drug-likeness (QED) is 0.574. The van der Waals surface area contributed by atoms with Crippen LogP contribution in [0.3, 0.4) is 0 Å². The van der Waals surface area contributed by atoms with Gasteiger partial charge in [-0.05, 0) is 43.2 Å². The summed E-state index contributed by atoms with van der Waals surface area (Å²) in [6, 6.07) is 14.2. The Hall–Kier alpha value is -3.35. The molecule has 29 heavy (non-hydrogen) atoms. The van der Waals surface area contributed by atoms with Gasteiger partial charge in [0.1, 0.15) is 5.75 Å². The number of carbonyl (C=O) groups excluding carboxylic acids is 3. The fourth-order valence-corrected chi connectivity index (χ4v) is 2.66. The normalized spacial score (nSPS) is 10.1. The molecule has 3 N–H and O–H groups in total. The summed E-state index contributed by atoms with van der Waals surface area (Å²) in [7, 11) is 0. The van der Waals surface area contributed by atoms with Crippen molar-refractivity contribution < 1.29 is 19.1 Å².